The van der Waals surface area contributed by atoms with E-state index in [9.17, 15) is 14.0 Å². The van der Waals surface area contributed by atoms with Gasteiger partial charge in [0.05, 0.1) is 0 Å². The van der Waals surface area contributed by atoms with Crippen LogP contribution in [0.4, 0.5) is 10.1 Å². The number of carbonyl (C=O) groups excluding carboxylic acids is 2. The Bertz CT molecular complexity index is 1200. The summed E-state index contributed by atoms with van der Waals surface area (Å²) in [4.78, 5) is 28.1. The second-order valence-electron chi connectivity index (χ2n) is 8.49. The molecule has 2 N–H and O–H groups in total. The zero-order chi connectivity index (χ0) is 24.1. The molecule has 0 aliphatic carbocycles. The molecule has 7 heteroatoms. The number of hydrogen-bond donors (Lipinski definition) is 2. The van der Waals surface area contributed by atoms with Gasteiger partial charge in [0, 0.05) is 42.3 Å². The van der Waals surface area contributed by atoms with Gasteiger partial charge in [0.15, 0.2) is 0 Å². The molecule has 0 saturated heterocycles. The van der Waals surface area contributed by atoms with Crippen LogP contribution < -0.4 is 15.5 Å². The van der Waals surface area contributed by atoms with Gasteiger partial charge in [0.1, 0.15) is 11.9 Å². The second kappa shape index (κ2) is 10.7. The zero-order valence-electron chi connectivity index (χ0n) is 19.0. The van der Waals surface area contributed by atoms with Gasteiger partial charge in [-0.05, 0) is 60.9 Å². The quantitative estimate of drug-likeness (QED) is 0.506. The minimum absolute atomic E-state index is 0.235. The minimum Gasteiger partial charge on any atom is -0.369 e. The molecule has 0 radical (unpaired) electrons. The van der Waals surface area contributed by atoms with E-state index in [2.05, 4.69) is 15.5 Å². The van der Waals surface area contributed by atoms with Crippen LogP contribution in [-0.2, 0) is 17.6 Å². The number of carbonyl (C=O) groups is 2. The van der Waals surface area contributed by atoms with Gasteiger partial charge in [0.2, 0.25) is 5.91 Å². The lowest BCUT2D eigenvalue weighted by Crippen LogP contribution is -2.49. The topological polar surface area (TPSA) is 61.4 Å². The van der Waals surface area contributed by atoms with Crippen LogP contribution in [-0.4, -0.2) is 37.5 Å². The van der Waals surface area contributed by atoms with Crippen molar-refractivity contribution in [2.45, 2.75) is 25.8 Å². The third-order valence-corrected chi connectivity index (χ3v) is 6.37. The van der Waals surface area contributed by atoms with Crippen molar-refractivity contribution in [2.75, 3.05) is 24.5 Å². The van der Waals surface area contributed by atoms with E-state index in [1.165, 1.54) is 6.07 Å². The molecule has 3 aromatic carbocycles. The van der Waals surface area contributed by atoms with Crippen molar-refractivity contribution < 1.29 is 14.0 Å². The van der Waals surface area contributed by atoms with E-state index >= 15 is 0 Å². The van der Waals surface area contributed by atoms with Gasteiger partial charge >= 0.3 is 0 Å². The first kappa shape index (κ1) is 23.8. The van der Waals surface area contributed by atoms with E-state index in [1.807, 2.05) is 37.3 Å². The van der Waals surface area contributed by atoms with E-state index in [-0.39, 0.29) is 24.1 Å². The summed E-state index contributed by atoms with van der Waals surface area (Å²) in [5.74, 6) is -0.827. The lowest BCUT2D eigenvalue weighted by molar-refractivity contribution is -0.122. The Morgan fingerprint density at radius 2 is 1.91 bits per heavy atom. The van der Waals surface area contributed by atoms with Crippen LogP contribution in [0.25, 0.3) is 0 Å². The second-order valence-corrected chi connectivity index (χ2v) is 8.90. The Labute approximate surface area is 203 Å². The van der Waals surface area contributed by atoms with Crippen molar-refractivity contribution >= 4 is 29.1 Å². The van der Waals surface area contributed by atoms with E-state index in [0.717, 1.165) is 35.3 Å². The molecule has 1 atom stereocenters. The average Bonchev–Trinajstić information content (AvgIpc) is 3.21. The molecule has 4 rings (SSSR count). The molecule has 0 unspecified atom stereocenters. The lowest BCUT2D eigenvalue weighted by atomic mass is 10.0. The molecule has 2 amide bonds. The first-order chi connectivity index (χ1) is 16.4. The van der Waals surface area contributed by atoms with Crippen molar-refractivity contribution in [2.24, 2.45) is 0 Å². The van der Waals surface area contributed by atoms with Gasteiger partial charge < -0.3 is 15.5 Å². The Morgan fingerprint density at radius 3 is 2.71 bits per heavy atom. The molecule has 0 spiro atoms. The summed E-state index contributed by atoms with van der Waals surface area (Å²) in [6, 6.07) is 18.5. The van der Waals surface area contributed by atoms with Crippen molar-refractivity contribution in [3.63, 3.8) is 0 Å². The fourth-order valence-corrected chi connectivity index (χ4v) is 4.44. The zero-order valence-corrected chi connectivity index (χ0v) is 19.7. The number of halogens is 2. The van der Waals surface area contributed by atoms with Crippen LogP contribution in [0.5, 0.6) is 0 Å². The number of rotatable bonds is 8. The molecular formula is C27H27ClFN3O2. The molecular weight excluding hydrogens is 453 g/mol. The van der Waals surface area contributed by atoms with Gasteiger partial charge in [-0.1, -0.05) is 47.5 Å². The van der Waals surface area contributed by atoms with Gasteiger partial charge in [-0.2, -0.15) is 0 Å². The third kappa shape index (κ3) is 5.75. The number of nitrogens with one attached hydrogen (secondary N) is 2. The molecule has 0 bridgehead atoms. The van der Waals surface area contributed by atoms with E-state index < -0.39 is 6.04 Å². The summed E-state index contributed by atoms with van der Waals surface area (Å²) in [7, 11) is 0. The highest BCUT2D eigenvalue weighted by Crippen LogP contribution is 2.28. The minimum atomic E-state index is -0.784. The highest BCUT2D eigenvalue weighted by atomic mass is 35.5. The fourth-order valence-electron chi connectivity index (χ4n) is 4.23. The maximum atomic E-state index is 13.5. The Morgan fingerprint density at radius 1 is 1.09 bits per heavy atom. The molecule has 0 saturated carbocycles. The van der Waals surface area contributed by atoms with Crippen LogP contribution in [0.1, 0.15) is 27.0 Å². The van der Waals surface area contributed by atoms with Gasteiger partial charge in [-0.3, -0.25) is 9.59 Å². The lowest BCUT2D eigenvalue weighted by Gasteiger charge is -2.22. The molecule has 176 valence electrons. The van der Waals surface area contributed by atoms with Crippen LogP contribution in [0, 0.1) is 12.7 Å². The smallest absolute Gasteiger partial charge is 0.251 e. The number of hydrogen-bond acceptors (Lipinski definition) is 3. The maximum absolute atomic E-state index is 13.5. The highest BCUT2D eigenvalue weighted by Gasteiger charge is 2.24. The average molecular weight is 480 g/mol. The standard InChI is InChI=1S/C27H27ClFN3O2/c1-18-5-4-7-21(15-18)26(33)31-24(17-19-6-2-3-8-23(19)28)27(34)30-12-14-32-13-11-20-16-22(29)9-10-25(20)32/h2-10,15-16,24H,11-14,17H2,1H3,(H,30,34)(H,31,33)/t24-/m0/s1. The predicted molar refractivity (Wildman–Crippen MR) is 133 cm³/mol. The Balaban J connectivity index is 1.42. The number of fused-ring (bicyclic) bond motifs is 1. The number of aryl methyl sites for hydroxylation is 1. The number of nitrogens with zero attached hydrogens (tertiary/aromatic N) is 1. The van der Waals surface area contributed by atoms with Gasteiger partial charge in [-0.15, -0.1) is 0 Å². The predicted octanol–water partition coefficient (Wildman–Crippen LogP) is 4.31. The summed E-state index contributed by atoms with van der Waals surface area (Å²) >= 11 is 6.32. The van der Waals surface area contributed by atoms with Crippen LogP contribution in [0.3, 0.4) is 0 Å². The van der Waals surface area contributed by atoms with Crippen molar-refractivity contribution in [3.8, 4) is 0 Å². The van der Waals surface area contributed by atoms with Gasteiger partial charge in [-0.25, -0.2) is 4.39 Å². The molecule has 3 aromatic rings. The first-order valence-corrected chi connectivity index (χ1v) is 11.7. The molecule has 0 fully saturated rings. The first-order valence-electron chi connectivity index (χ1n) is 11.3. The Hall–Kier alpha value is -3.38. The van der Waals surface area contributed by atoms with E-state index in [4.69, 9.17) is 11.6 Å². The van der Waals surface area contributed by atoms with Crippen LogP contribution in [0.2, 0.25) is 5.02 Å². The number of amides is 2. The van der Waals surface area contributed by atoms with E-state index in [1.54, 1.807) is 30.3 Å². The number of benzene rings is 3. The summed E-state index contributed by atoms with van der Waals surface area (Å²) < 4.78 is 13.5. The van der Waals surface area contributed by atoms with Crippen LogP contribution >= 0.6 is 11.6 Å². The summed E-state index contributed by atoms with van der Waals surface area (Å²) in [6.45, 7) is 3.68. The van der Waals surface area contributed by atoms with Crippen molar-refractivity contribution in [3.05, 3.63) is 99.8 Å². The molecule has 1 heterocycles. The Kier molecular flexibility index (Phi) is 7.48. The largest absolute Gasteiger partial charge is 0.369 e. The van der Waals surface area contributed by atoms with Crippen LogP contribution in [0.15, 0.2) is 66.7 Å². The number of anilines is 1. The fraction of sp³-hybridized carbons (Fsp3) is 0.259. The molecule has 1 aliphatic heterocycles. The van der Waals surface area contributed by atoms with Gasteiger partial charge in [0.25, 0.3) is 5.91 Å². The molecule has 34 heavy (non-hydrogen) atoms. The summed E-state index contributed by atoms with van der Waals surface area (Å²) in [6.07, 6.45) is 1.05. The van der Waals surface area contributed by atoms with E-state index in [0.29, 0.717) is 23.7 Å². The molecule has 5 nitrogen and oxygen atoms in total. The highest BCUT2D eigenvalue weighted by molar-refractivity contribution is 6.31. The summed E-state index contributed by atoms with van der Waals surface area (Å²) in [5.41, 5.74) is 4.22. The van der Waals surface area contributed by atoms with Crippen molar-refractivity contribution in [1.29, 1.82) is 0 Å². The maximum Gasteiger partial charge on any atom is 0.251 e. The molecule has 1 aliphatic rings. The normalized spacial score (nSPS) is 13.3. The summed E-state index contributed by atoms with van der Waals surface area (Å²) in [5, 5.41) is 6.37. The molecule has 0 aromatic heterocycles. The third-order valence-electron chi connectivity index (χ3n) is 6.00. The van der Waals surface area contributed by atoms with Crippen molar-refractivity contribution in [1.82, 2.24) is 10.6 Å². The SMILES string of the molecule is Cc1cccc(C(=O)N[C@@H](Cc2ccccc2Cl)C(=O)NCCN2CCc3cc(F)ccc32)c1. The monoisotopic (exact) mass is 479 g/mol.